The van der Waals surface area contributed by atoms with E-state index in [4.69, 9.17) is 11.6 Å². The Hall–Kier alpha value is -2.06. The molecule has 2 aromatic carbocycles. The summed E-state index contributed by atoms with van der Waals surface area (Å²) in [5.74, 6) is 0.705. The third kappa shape index (κ3) is 2.04. The summed E-state index contributed by atoms with van der Waals surface area (Å²) in [6.07, 6.45) is 1.75. The molecule has 2 nitrogen and oxygen atoms in total. The quantitative estimate of drug-likeness (QED) is 0.702. The molecule has 0 radical (unpaired) electrons. The lowest BCUT2D eigenvalue weighted by Crippen LogP contribution is -1.89. The van der Waals surface area contributed by atoms with Crippen LogP contribution in [0.5, 0.6) is 5.75 Å². The molecule has 0 aliphatic rings. The summed E-state index contributed by atoms with van der Waals surface area (Å²) in [6.45, 7) is 0. The predicted octanol–water partition coefficient (Wildman–Crippen LogP) is 4.35. The first kappa shape index (κ1) is 12.0. The predicted molar refractivity (Wildman–Crippen MR) is 78.4 cm³/mol. The first-order valence-electron chi connectivity index (χ1n) is 6.02. The molecule has 19 heavy (non-hydrogen) atoms. The van der Waals surface area contributed by atoms with E-state index in [0.717, 1.165) is 27.6 Å². The Morgan fingerprint density at radius 3 is 2.58 bits per heavy atom. The van der Waals surface area contributed by atoms with Crippen molar-refractivity contribution >= 4 is 22.5 Å². The van der Waals surface area contributed by atoms with Gasteiger partial charge in [0.25, 0.3) is 0 Å². The number of hydrogen-bond donors (Lipinski definition) is 1. The molecule has 1 aromatic heterocycles. The van der Waals surface area contributed by atoms with E-state index in [0.29, 0.717) is 5.88 Å². The van der Waals surface area contributed by atoms with Crippen LogP contribution in [0, 0.1) is 0 Å². The molecular weight excluding hydrogens is 258 g/mol. The van der Waals surface area contributed by atoms with Gasteiger partial charge in [0, 0.05) is 28.6 Å². The Kier molecular flexibility index (Phi) is 3.10. The summed E-state index contributed by atoms with van der Waals surface area (Å²) in [5.41, 5.74) is 3.61. The highest BCUT2D eigenvalue weighted by atomic mass is 35.5. The second kappa shape index (κ2) is 4.90. The largest absolute Gasteiger partial charge is 0.507 e. The second-order valence-electron chi connectivity index (χ2n) is 4.32. The molecule has 0 fully saturated rings. The van der Waals surface area contributed by atoms with Crippen LogP contribution in [0.25, 0.3) is 22.0 Å². The molecule has 1 N–H and O–H groups in total. The van der Waals surface area contributed by atoms with Crippen molar-refractivity contribution in [2.24, 2.45) is 0 Å². The first-order valence-corrected chi connectivity index (χ1v) is 6.55. The number of aromatic nitrogens is 1. The highest BCUT2D eigenvalue weighted by Crippen LogP contribution is 2.34. The molecule has 94 valence electrons. The third-order valence-electron chi connectivity index (χ3n) is 3.20. The van der Waals surface area contributed by atoms with Crippen LogP contribution in [0.1, 0.15) is 5.56 Å². The Morgan fingerprint density at radius 2 is 1.79 bits per heavy atom. The van der Waals surface area contributed by atoms with Gasteiger partial charge in [-0.3, -0.25) is 4.98 Å². The number of nitrogens with zero attached hydrogens (tertiary/aromatic N) is 1. The fourth-order valence-electron chi connectivity index (χ4n) is 2.27. The number of benzene rings is 2. The van der Waals surface area contributed by atoms with Gasteiger partial charge in [0.15, 0.2) is 0 Å². The average molecular weight is 270 g/mol. The van der Waals surface area contributed by atoms with Gasteiger partial charge in [0.1, 0.15) is 5.75 Å². The van der Waals surface area contributed by atoms with Gasteiger partial charge >= 0.3 is 0 Å². The van der Waals surface area contributed by atoms with Crippen LogP contribution in [0.15, 0.2) is 54.7 Å². The fraction of sp³-hybridized carbons (Fsp3) is 0.0625. The Balaban J connectivity index is 2.35. The Bertz CT molecular complexity index is 740. The van der Waals surface area contributed by atoms with Crippen molar-refractivity contribution in [2.45, 2.75) is 5.88 Å². The average Bonchev–Trinajstić information content (AvgIpc) is 2.47. The maximum absolute atomic E-state index is 10.00. The number of halogens is 1. The Morgan fingerprint density at radius 1 is 0.947 bits per heavy atom. The van der Waals surface area contributed by atoms with Gasteiger partial charge in [-0.1, -0.05) is 36.4 Å². The van der Waals surface area contributed by atoms with Crippen LogP contribution in [0.2, 0.25) is 0 Å². The van der Waals surface area contributed by atoms with Gasteiger partial charge in [-0.05, 0) is 17.7 Å². The summed E-state index contributed by atoms with van der Waals surface area (Å²) in [6, 6.07) is 15.1. The first-order chi connectivity index (χ1) is 9.31. The van der Waals surface area contributed by atoms with E-state index in [1.807, 2.05) is 42.5 Å². The number of aromatic hydroxyl groups is 1. The van der Waals surface area contributed by atoms with Crippen LogP contribution in [-0.4, -0.2) is 10.1 Å². The lowest BCUT2D eigenvalue weighted by molar-refractivity contribution is 0.477. The zero-order chi connectivity index (χ0) is 13.2. The van der Waals surface area contributed by atoms with Crippen molar-refractivity contribution in [3.63, 3.8) is 0 Å². The molecule has 0 unspecified atom stereocenters. The molecule has 0 saturated heterocycles. The number of pyridine rings is 1. The number of alkyl halides is 1. The van der Waals surface area contributed by atoms with E-state index in [1.54, 1.807) is 12.3 Å². The van der Waals surface area contributed by atoms with Crippen molar-refractivity contribution in [3.8, 4) is 16.9 Å². The standard InChI is InChI=1S/C16H12ClNO/c17-10-11-7-8-14(13-4-1-2-6-15(13)19)16-12(11)5-3-9-18-16/h1-9,19H,10H2. The van der Waals surface area contributed by atoms with Gasteiger partial charge in [-0.15, -0.1) is 11.6 Å². The van der Waals surface area contributed by atoms with Crippen LogP contribution in [-0.2, 0) is 5.88 Å². The number of rotatable bonds is 2. The van der Waals surface area contributed by atoms with E-state index >= 15 is 0 Å². The smallest absolute Gasteiger partial charge is 0.123 e. The summed E-state index contributed by atoms with van der Waals surface area (Å²) >= 11 is 5.96. The molecule has 0 saturated carbocycles. The number of hydrogen-bond acceptors (Lipinski definition) is 2. The minimum Gasteiger partial charge on any atom is -0.507 e. The van der Waals surface area contributed by atoms with Crippen LogP contribution < -0.4 is 0 Å². The number of phenolic OH excluding ortho intramolecular Hbond substituents is 1. The van der Waals surface area contributed by atoms with Crippen molar-refractivity contribution < 1.29 is 5.11 Å². The van der Waals surface area contributed by atoms with Crippen molar-refractivity contribution in [3.05, 3.63) is 60.3 Å². The van der Waals surface area contributed by atoms with Gasteiger partial charge in [0.05, 0.1) is 5.52 Å². The van der Waals surface area contributed by atoms with Crippen molar-refractivity contribution in [2.75, 3.05) is 0 Å². The molecule has 0 bridgehead atoms. The van der Waals surface area contributed by atoms with Crippen molar-refractivity contribution in [1.29, 1.82) is 0 Å². The molecule has 1 heterocycles. The zero-order valence-corrected chi connectivity index (χ0v) is 10.9. The monoisotopic (exact) mass is 269 g/mol. The summed E-state index contributed by atoms with van der Waals surface area (Å²) < 4.78 is 0. The normalized spacial score (nSPS) is 10.8. The van der Waals surface area contributed by atoms with Crippen LogP contribution in [0.3, 0.4) is 0 Å². The maximum atomic E-state index is 10.00. The molecule has 3 heteroatoms. The topological polar surface area (TPSA) is 33.1 Å². The van der Waals surface area contributed by atoms with Crippen molar-refractivity contribution in [1.82, 2.24) is 4.98 Å². The SMILES string of the molecule is Oc1ccccc1-c1ccc(CCl)c2cccnc12. The summed E-state index contributed by atoms with van der Waals surface area (Å²) in [7, 11) is 0. The van der Waals surface area contributed by atoms with Crippen LogP contribution >= 0.6 is 11.6 Å². The molecular formula is C16H12ClNO. The lowest BCUT2D eigenvalue weighted by atomic mass is 9.98. The van der Waals surface area contributed by atoms with E-state index in [2.05, 4.69) is 4.98 Å². The molecule has 0 aliphatic heterocycles. The molecule has 0 atom stereocenters. The van der Waals surface area contributed by atoms with E-state index in [-0.39, 0.29) is 5.75 Å². The minimum absolute atomic E-state index is 0.257. The molecule has 0 aliphatic carbocycles. The van der Waals surface area contributed by atoms with E-state index < -0.39 is 0 Å². The number of para-hydroxylation sites is 1. The molecule has 0 spiro atoms. The number of fused-ring (bicyclic) bond motifs is 1. The zero-order valence-electron chi connectivity index (χ0n) is 10.2. The molecule has 0 amide bonds. The lowest BCUT2D eigenvalue weighted by Gasteiger charge is -2.10. The number of phenols is 1. The highest BCUT2D eigenvalue weighted by Gasteiger charge is 2.10. The third-order valence-corrected chi connectivity index (χ3v) is 3.49. The highest BCUT2D eigenvalue weighted by molar-refractivity contribution is 6.18. The van der Waals surface area contributed by atoms with Gasteiger partial charge < -0.3 is 5.11 Å². The van der Waals surface area contributed by atoms with Gasteiger partial charge in [-0.25, -0.2) is 0 Å². The van der Waals surface area contributed by atoms with E-state index in [9.17, 15) is 5.11 Å². The molecule has 3 rings (SSSR count). The summed E-state index contributed by atoms with van der Waals surface area (Å²) in [4.78, 5) is 4.44. The van der Waals surface area contributed by atoms with Gasteiger partial charge in [0.2, 0.25) is 0 Å². The minimum atomic E-state index is 0.257. The van der Waals surface area contributed by atoms with E-state index in [1.165, 1.54) is 0 Å². The Labute approximate surface area is 116 Å². The van der Waals surface area contributed by atoms with Crippen LogP contribution in [0.4, 0.5) is 0 Å². The summed E-state index contributed by atoms with van der Waals surface area (Å²) in [5, 5.41) is 11.0. The second-order valence-corrected chi connectivity index (χ2v) is 4.59. The maximum Gasteiger partial charge on any atom is 0.123 e. The van der Waals surface area contributed by atoms with Gasteiger partial charge in [-0.2, -0.15) is 0 Å². The molecule has 3 aromatic rings. The fourth-order valence-corrected chi connectivity index (χ4v) is 2.50.